The number of rotatable bonds is 1. The zero-order valence-electron chi connectivity index (χ0n) is 9.02. The third kappa shape index (κ3) is 1.49. The van der Waals surface area contributed by atoms with E-state index in [0.717, 1.165) is 0 Å². The van der Waals surface area contributed by atoms with Gasteiger partial charge in [-0.3, -0.25) is 14.9 Å². The van der Waals surface area contributed by atoms with Crippen molar-refractivity contribution in [2.75, 3.05) is 0 Å². The van der Waals surface area contributed by atoms with Crippen molar-refractivity contribution in [3.8, 4) is 0 Å². The first-order chi connectivity index (χ1) is 8.47. The van der Waals surface area contributed by atoms with Gasteiger partial charge in [-0.2, -0.15) is 4.73 Å². The first-order valence-corrected chi connectivity index (χ1v) is 4.67. The van der Waals surface area contributed by atoms with Gasteiger partial charge in [0.15, 0.2) is 6.26 Å². The fourth-order valence-corrected chi connectivity index (χ4v) is 1.53. The van der Waals surface area contributed by atoms with E-state index in [1.54, 1.807) is 0 Å². The number of hydrogen-bond donors (Lipinski definition) is 2. The molecule has 2 aromatic rings. The molecule has 9 heteroatoms. The Kier molecular flexibility index (Phi) is 2.51. The van der Waals surface area contributed by atoms with E-state index in [1.807, 2.05) is 0 Å². The van der Waals surface area contributed by atoms with Gasteiger partial charge in [0, 0.05) is 0 Å². The van der Waals surface area contributed by atoms with Crippen molar-refractivity contribution in [2.45, 2.75) is 6.92 Å². The van der Waals surface area contributed by atoms with Crippen LogP contribution < -0.4 is 10.8 Å². The van der Waals surface area contributed by atoms with Gasteiger partial charge in [-0.15, -0.1) is 0 Å². The van der Waals surface area contributed by atoms with Crippen LogP contribution in [0.4, 0.5) is 5.69 Å². The normalized spacial score (nSPS) is 11.9. The zero-order chi connectivity index (χ0) is 13.4. The molecule has 0 spiro atoms. The van der Waals surface area contributed by atoms with Crippen LogP contribution in [-0.2, 0) is 0 Å². The molecule has 0 aliphatic rings. The van der Waals surface area contributed by atoms with E-state index in [2.05, 4.69) is 5.16 Å². The number of aryl methyl sites for hydroxylation is 1. The molecule has 94 valence electrons. The summed E-state index contributed by atoms with van der Waals surface area (Å²) in [6.07, 6.45) is 0.623. The summed E-state index contributed by atoms with van der Waals surface area (Å²) in [6.45, 7) is 1.47. The molecule has 18 heavy (non-hydrogen) atoms. The molecule has 0 aliphatic heterocycles. The van der Waals surface area contributed by atoms with Gasteiger partial charge in [0.25, 0.3) is 5.43 Å². The predicted octanol–water partition coefficient (Wildman–Crippen LogP) is 0.338. The quantitative estimate of drug-likeness (QED) is 0.326. The minimum absolute atomic E-state index is 0.217. The highest BCUT2D eigenvalue weighted by molar-refractivity contribution is 5.74. The zero-order valence-corrected chi connectivity index (χ0v) is 9.02. The number of aromatic nitrogens is 1. The van der Waals surface area contributed by atoms with Gasteiger partial charge in [-0.1, -0.05) is 5.16 Å². The Morgan fingerprint density at radius 1 is 1.56 bits per heavy atom. The predicted molar refractivity (Wildman–Crippen MR) is 56.4 cm³/mol. The average molecular weight is 253 g/mol. The maximum Gasteiger partial charge on any atom is 0.351 e. The van der Waals surface area contributed by atoms with Gasteiger partial charge < -0.3 is 14.8 Å². The number of nitro groups is 1. The molecule has 0 saturated carbocycles. The average Bonchev–Trinajstić information content (AvgIpc) is 2.33. The van der Waals surface area contributed by atoms with E-state index in [1.165, 1.54) is 13.0 Å². The summed E-state index contributed by atoms with van der Waals surface area (Å²) in [7, 11) is 0. The highest BCUT2D eigenvalue weighted by atomic mass is 16.6. The Hall–Kier alpha value is -2.84. The van der Waals surface area contributed by atoms with E-state index in [-0.39, 0.29) is 22.2 Å². The van der Waals surface area contributed by atoms with Gasteiger partial charge in [0.2, 0.25) is 5.71 Å². The SMILES string of the molecule is Cc1c/c(=N\O)c2c(=O)c([N+](=O)[O-])coc2n1O. The Morgan fingerprint density at radius 3 is 2.78 bits per heavy atom. The standard InChI is InChI=1S/C9H7N3O6/c1-4-2-5(10-14)7-8(13)6(12(16)17)3-18-9(7)11(4)15/h2-3,14-15H,1H3/b10-5+. The van der Waals surface area contributed by atoms with E-state index in [4.69, 9.17) is 9.62 Å². The van der Waals surface area contributed by atoms with E-state index in [0.29, 0.717) is 11.0 Å². The first-order valence-electron chi connectivity index (χ1n) is 4.67. The summed E-state index contributed by atoms with van der Waals surface area (Å²) in [6, 6.07) is 1.18. The summed E-state index contributed by atoms with van der Waals surface area (Å²) in [4.78, 5) is 21.5. The van der Waals surface area contributed by atoms with E-state index in [9.17, 15) is 20.1 Å². The molecule has 9 nitrogen and oxygen atoms in total. The monoisotopic (exact) mass is 253 g/mol. The number of nitrogens with zero attached hydrogens (tertiary/aromatic N) is 3. The summed E-state index contributed by atoms with van der Waals surface area (Å²) >= 11 is 0. The van der Waals surface area contributed by atoms with Crippen molar-refractivity contribution in [1.82, 2.24) is 4.73 Å². The van der Waals surface area contributed by atoms with Crippen LogP contribution in [0.25, 0.3) is 11.1 Å². The molecule has 0 radical (unpaired) electrons. The lowest BCUT2D eigenvalue weighted by Crippen LogP contribution is -2.20. The van der Waals surface area contributed by atoms with Crippen molar-refractivity contribution in [1.29, 1.82) is 0 Å². The Bertz CT molecular complexity index is 772. The van der Waals surface area contributed by atoms with Crippen LogP contribution in [0, 0.1) is 17.0 Å². The first kappa shape index (κ1) is 11.6. The summed E-state index contributed by atoms with van der Waals surface area (Å²) < 4.78 is 5.38. The van der Waals surface area contributed by atoms with Crippen molar-refractivity contribution in [3.63, 3.8) is 0 Å². The third-order valence-electron chi connectivity index (χ3n) is 2.39. The maximum absolute atomic E-state index is 11.8. The van der Waals surface area contributed by atoms with Crippen molar-refractivity contribution >= 4 is 16.8 Å². The number of pyridine rings is 1. The van der Waals surface area contributed by atoms with Crippen LogP contribution in [0.1, 0.15) is 5.69 Å². The molecule has 0 aliphatic carbocycles. The fourth-order valence-electron chi connectivity index (χ4n) is 1.53. The van der Waals surface area contributed by atoms with Crippen LogP contribution in [0.5, 0.6) is 0 Å². The van der Waals surface area contributed by atoms with Gasteiger partial charge >= 0.3 is 5.69 Å². The van der Waals surface area contributed by atoms with Crippen molar-refractivity contribution < 1.29 is 19.8 Å². The van der Waals surface area contributed by atoms with Crippen LogP contribution in [-0.4, -0.2) is 20.1 Å². The minimum Gasteiger partial charge on any atom is -0.438 e. The second-order valence-electron chi connectivity index (χ2n) is 3.47. The van der Waals surface area contributed by atoms with Crippen LogP contribution in [0.15, 0.2) is 26.7 Å². The number of fused-ring (bicyclic) bond motifs is 1. The molecule has 0 bridgehead atoms. The van der Waals surface area contributed by atoms with E-state index < -0.39 is 16.0 Å². The lowest BCUT2D eigenvalue weighted by molar-refractivity contribution is -0.386. The summed E-state index contributed by atoms with van der Waals surface area (Å²) in [5.41, 5.74) is -1.92. The second-order valence-corrected chi connectivity index (χ2v) is 3.47. The molecule has 0 amide bonds. The molecular weight excluding hydrogens is 246 g/mol. The van der Waals surface area contributed by atoms with Gasteiger partial charge in [0.1, 0.15) is 10.7 Å². The largest absolute Gasteiger partial charge is 0.438 e. The lowest BCUT2D eigenvalue weighted by atomic mass is 10.2. The molecule has 0 unspecified atom stereocenters. The lowest BCUT2D eigenvalue weighted by Gasteiger charge is -2.05. The molecule has 2 aromatic heterocycles. The molecule has 0 aromatic carbocycles. The molecule has 0 fully saturated rings. The van der Waals surface area contributed by atoms with Gasteiger partial charge in [0.05, 0.1) is 10.6 Å². The van der Waals surface area contributed by atoms with E-state index >= 15 is 0 Å². The second kappa shape index (κ2) is 3.87. The van der Waals surface area contributed by atoms with Crippen LogP contribution >= 0.6 is 0 Å². The molecule has 0 atom stereocenters. The maximum atomic E-state index is 11.8. The molecule has 2 heterocycles. The molecular formula is C9H7N3O6. The molecule has 2 N–H and O–H groups in total. The van der Waals surface area contributed by atoms with Gasteiger partial charge in [-0.25, -0.2) is 0 Å². The Balaban J connectivity index is 3.12. The van der Waals surface area contributed by atoms with Crippen LogP contribution in [0.3, 0.4) is 0 Å². The third-order valence-corrected chi connectivity index (χ3v) is 2.39. The topological polar surface area (TPSA) is 131 Å². The highest BCUT2D eigenvalue weighted by Gasteiger charge is 2.20. The minimum atomic E-state index is -1.00. The van der Waals surface area contributed by atoms with Crippen molar-refractivity contribution in [3.05, 3.63) is 43.7 Å². The molecule has 2 rings (SSSR count). The van der Waals surface area contributed by atoms with Crippen LogP contribution in [0.2, 0.25) is 0 Å². The fraction of sp³-hybridized carbons (Fsp3) is 0.111. The summed E-state index contributed by atoms with van der Waals surface area (Å²) in [5.74, 6) is 0. The molecule has 0 saturated heterocycles. The highest BCUT2D eigenvalue weighted by Crippen LogP contribution is 2.12. The van der Waals surface area contributed by atoms with Crippen molar-refractivity contribution in [2.24, 2.45) is 5.16 Å². The Labute approximate surface area is 97.9 Å². The smallest absolute Gasteiger partial charge is 0.351 e. The number of hydrogen-bond acceptors (Lipinski definition) is 7. The summed E-state index contributed by atoms with van der Waals surface area (Å²) in [5, 5.41) is 31.3. The van der Waals surface area contributed by atoms with Gasteiger partial charge in [-0.05, 0) is 13.0 Å². The Morgan fingerprint density at radius 2 is 2.22 bits per heavy atom.